The normalized spacial score (nSPS) is 17.2. The van der Waals surface area contributed by atoms with Crippen LogP contribution in [0.4, 0.5) is 0 Å². The van der Waals surface area contributed by atoms with E-state index in [0.29, 0.717) is 56.4 Å². The van der Waals surface area contributed by atoms with Crippen molar-refractivity contribution in [1.82, 2.24) is 15.1 Å². The molecule has 1 N–H and O–H groups in total. The summed E-state index contributed by atoms with van der Waals surface area (Å²) in [4.78, 5) is 39.4. The summed E-state index contributed by atoms with van der Waals surface area (Å²) in [5.74, 6) is 0.963. The van der Waals surface area contributed by atoms with Crippen molar-refractivity contribution in [3.05, 3.63) is 29.8 Å². The van der Waals surface area contributed by atoms with Gasteiger partial charge in [0, 0.05) is 44.2 Å². The Bertz CT molecular complexity index is 692. The Balaban J connectivity index is 1.29. The molecule has 1 aliphatic heterocycles. The number of hydrogen-bond acceptors (Lipinski definition) is 5. The van der Waals surface area contributed by atoms with Crippen molar-refractivity contribution in [3.63, 3.8) is 0 Å². The van der Waals surface area contributed by atoms with Gasteiger partial charge in [0.25, 0.3) is 0 Å². The van der Waals surface area contributed by atoms with Crippen molar-refractivity contribution in [1.29, 1.82) is 0 Å². The van der Waals surface area contributed by atoms with E-state index in [4.69, 9.17) is 4.74 Å². The van der Waals surface area contributed by atoms with Crippen LogP contribution in [0.15, 0.2) is 24.3 Å². The van der Waals surface area contributed by atoms with Gasteiger partial charge in [-0.05, 0) is 50.5 Å². The van der Waals surface area contributed by atoms with E-state index >= 15 is 0 Å². The van der Waals surface area contributed by atoms with Crippen LogP contribution in [0.25, 0.3) is 0 Å². The van der Waals surface area contributed by atoms with Crippen molar-refractivity contribution in [3.8, 4) is 5.75 Å². The number of nitrogens with one attached hydrogen (secondary N) is 1. The fourth-order valence-electron chi connectivity index (χ4n) is 3.22. The predicted octanol–water partition coefficient (Wildman–Crippen LogP) is 1.47. The van der Waals surface area contributed by atoms with Gasteiger partial charge in [-0.2, -0.15) is 0 Å². The third-order valence-electron chi connectivity index (χ3n) is 5.10. The summed E-state index contributed by atoms with van der Waals surface area (Å²) in [6.45, 7) is 5.24. The van der Waals surface area contributed by atoms with E-state index in [0.717, 1.165) is 25.9 Å². The van der Waals surface area contributed by atoms with Crippen LogP contribution >= 0.6 is 0 Å². The first-order valence-corrected chi connectivity index (χ1v) is 10.0. The molecular weight excluding hydrogens is 358 g/mol. The van der Waals surface area contributed by atoms with Gasteiger partial charge in [-0.1, -0.05) is 0 Å². The number of piperazine rings is 1. The zero-order valence-electron chi connectivity index (χ0n) is 16.5. The van der Waals surface area contributed by atoms with Crippen molar-refractivity contribution in [2.24, 2.45) is 0 Å². The van der Waals surface area contributed by atoms with Gasteiger partial charge in [0.1, 0.15) is 5.75 Å². The summed E-state index contributed by atoms with van der Waals surface area (Å²) in [6, 6.07) is 7.43. The second kappa shape index (κ2) is 9.68. The monoisotopic (exact) mass is 387 g/mol. The Morgan fingerprint density at radius 2 is 1.75 bits per heavy atom. The molecule has 2 fully saturated rings. The zero-order chi connectivity index (χ0) is 19.9. The number of rotatable bonds is 9. The molecule has 0 atom stereocenters. The molecule has 7 heteroatoms. The Hall–Kier alpha value is -2.41. The van der Waals surface area contributed by atoms with Gasteiger partial charge in [-0.25, -0.2) is 0 Å². The number of ether oxygens (including phenoxy) is 1. The van der Waals surface area contributed by atoms with E-state index < -0.39 is 0 Å². The minimum absolute atomic E-state index is 0.0285. The second-order valence-electron chi connectivity index (χ2n) is 7.53. The molecule has 1 saturated carbocycles. The molecule has 1 saturated heterocycles. The van der Waals surface area contributed by atoms with Gasteiger partial charge < -0.3 is 15.0 Å². The van der Waals surface area contributed by atoms with Gasteiger partial charge in [0.05, 0.1) is 13.2 Å². The summed E-state index contributed by atoms with van der Waals surface area (Å²) >= 11 is 0. The molecule has 7 nitrogen and oxygen atoms in total. The topological polar surface area (TPSA) is 79.0 Å². The van der Waals surface area contributed by atoms with Crippen molar-refractivity contribution < 1.29 is 19.1 Å². The average Bonchev–Trinajstić information content (AvgIpc) is 3.50. The molecule has 0 unspecified atom stereocenters. The van der Waals surface area contributed by atoms with Crippen molar-refractivity contribution in [2.45, 2.75) is 38.6 Å². The SMILES string of the molecule is CC(=O)c1ccc(OCCCC(=O)N2CCN(CC(=O)NC3CC3)CC2)cc1. The number of nitrogens with zero attached hydrogens (tertiary/aromatic N) is 2. The number of benzene rings is 1. The number of hydrogen-bond donors (Lipinski definition) is 1. The Labute approximate surface area is 166 Å². The fourth-order valence-corrected chi connectivity index (χ4v) is 3.22. The van der Waals surface area contributed by atoms with E-state index in [2.05, 4.69) is 10.2 Å². The van der Waals surface area contributed by atoms with Crippen LogP contribution in [0.3, 0.4) is 0 Å². The van der Waals surface area contributed by atoms with E-state index in [9.17, 15) is 14.4 Å². The van der Waals surface area contributed by atoms with Gasteiger partial charge in [0.15, 0.2) is 5.78 Å². The van der Waals surface area contributed by atoms with Crippen LogP contribution in [0.2, 0.25) is 0 Å². The van der Waals surface area contributed by atoms with E-state index in [1.54, 1.807) is 24.3 Å². The summed E-state index contributed by atoms with van der Waals surface area (Å²) in [5, 5.41) is 3.00. The largest absolute Gasteiger partial charge is 0.494 e. The molecule has 1 aliphatic carbocycles. The minimum atomic E-state index is 0.0285. The zero-order valence-corrected chi connectivity index (χ0v) is 16.5. The molecule has 0 aromatic heterocycles. The van der Waals surface area contributed by atoms with Crippen LogP contribution in [0.5, 0.6) is 5.75 Å². The van der Waals surface area contributed by atoms with Gasteiger partial charge in [-0.15, -0.1) is 0 Å². The molecule has 28 heavy (non-hydrogen) atoms. The summed E-state index contributed by atoms with van der Waals surface area (Å²) in [6.07, 6.45) is 3.30. The number of carbonyl (C=O) groups is 3. The highest BCUT2D eigenvalue weighted by Crippen LogP contribution is 2.18. The molecular formula is C21H29N3O4. The smallest absolute Gasteiger partial charge is 0.234 e. The number of carbonyl (C=O) groups excluding carboxylic acids is 3. The lowest BCUT2D eigenvalue weighted by molar-refractivity contribution is -0.133. The Morgan fingerprint density at radius 3 is 2.36 bits per heavy atom. The van der Waals surface area contributed by atoms with Crippen LogP contribution in [-0.2, 0) is 9.59 Å². The van der Waals surface area contributed by atoms with E-state index in [1.807, 2.05) is 4.90 Å². The lowest BCUT2D eigenvalue weighted by Gasteiger charge is -2.34. The minimum Gasteiger partial charge on any atom is -0.494 e. The first-order chi connectivity index (χ1) is 13.5. The number of ketones is 1. The van der Waals surface area contributed by atoms with Crippen LogP contribution < -0.4 is 10.1 Å². The van der Waals surface area contributed by atoms with Crippen molar-refractivity contribution in [2.75, 3.05) is 39.3 Å². The first-order valence-electron chi connectivity index (χ1n) is 10.0. The summed E-state index contributed by atoms with van der Waals surface area (Å²) in [5.41, 5.74) is 0.659. The molecule has 2 aliphatic rings. The number of Topliss-reactive ketones (excluding diaryl/α,β-unsaturated/α-hetero) is 1. The lowest BCUT2D eigenvalue weighted by Crippen LogP contribution is -2.51. The average molecular weight is 387 g/mol. The van der Waals surface area contributed by atoms with Crippen LogP contribution in [0.1, 0.15) is 43.0 Å². The molecule has 0 spiro atoms. The van der Waals surface area contributed by atoms with Crippen molar-refractivity contribution >= 4 is 17.6 Å². The third kappa shape index (κ3) is 6.34. The summed E-state index contributed by atoms with van der Waals surface area (Å²) in [7, 11) is 0. The third-order valence-corrected chi connectivity index (χ3v) is 5.10. The highest BCUT2D eigenvalue weighted by molar-refractivity contribution is 5.94. The van der Waals surface area contributed by atoms with E-state index in [-0.39, 0.29) is 17.6 Å². The van der Waals surface area contributed by atoms with Gasteiger partial charge >= 0.3 is 0 Å². The van der Waals surface area contributed by atoms with Crippen LogP contribution in [-0.4, -0.2) is 72.8 Å². The van der Waals surface area contributed by atoms with Gasteiger partial charge in [0.2, 0.25) is 11.8 Å². The standard InChI is InChI=1S/C21H29N3O4/c1-16(25)17-4-8-19(9-5-17)28-14-2-3-21(27)24-12-10-23(11-13-24)15-20(26)22-18-6-7-18/h4-5,8-9,18H,2-3,6-7,10-15H2,1H3,(H,22,26). The first kappa shape index (κ1) is 20.3. The maximum Gasteiger partial charge on any atom is 0.234 e. The molecule has 1 heterocycles. The Kier molecular flexibility index (Phi) is 7.03. The Morgan fingerprint density at radius 1 is 1.07 bits per heavy atom. The lowest BCUT2D eigenvalue weighted by atomic mass is 10.1. The van der Waals surface area contributed by atoms with E-state index in [1.165, 1.54) is 6.92 Å². The quantitative estimate of drug-likeness (QED) is 0.513. The van der Waals surface area contributed by atoms with Gasteiger partial charge in [-0.3, -0.25) is 19.3 Å². The second-order valence-corrected chi connectivity index (χ2v) is 7.53. The molecule has 2 amide bonds. The summed E-state index contributed by atoms with van der Waals surface area (Å²) < 4.78 is 5.64. The highest BCUT2D eigenvalue weighted by atomic mass is 16.5. The number of amides is 2. The maximum atomic E-state index is 12.3. The molecule has 0 bridgehead atoms. The molecule has 152 valence electrons. The molecule has 0 radical (unpaired) electrons. The molecule has 1 aromatic carbocycles. The predicted molar refractivity (Wildman–Crippen MR) is 105 cm³/mol. The highest BCUT2D eigenvalue weighted by Gasteiger charge is 2.26. The van der Waals surface area contributed by atoms with Crippen LogP contribution in [0, 0.1) is 0 Å². The molecule has 3 rings (SSSR count). The maximum absolute atomic E-state index is 12.3. The molecule has 1 aromatic rings. The fraction of sp³-hybridized carbons (Fsp3) is 0.571.